The maximum Gasteiger partial charge on any atom is 0.194 e. The molecule has 6 heteroatoms. The molecule has 1 aromatic carbocycles. The average Bonchev–Trinajstić information content (AvgIpc) is 3.04. The van der Waals surface area contributed by atoms with E-state index in [2.05, 4.69) is 54.2 Å². The van der Waals surface area contributed by atoms with Gasteiger partial charge in [-0.05, 0) is 38.8 Å². The van der Waals surface area contributed by atoms with Crippen LogP contribution in [0.4, 0.5) is 0 Å². The minimum absolute atomic E-state index is 0.0818. The predicted molar refractivity (Wildman–Crippen MR) is 108 cm³/mol. The maximum atomic E-state index is 6.08. The Kier molecular flexibility index (Phi) is 6.27. The molecule has 1 aliphatic rings. The Morgan fingerprint density at radius 3 is 2.92 bits per heavy atom. The van der Waals surface area contributed by atoms with Gasteiger partial charge in [0.05, 0.1) is 30.9 Å². The number of morpholine rings is 1. The molecule has 5 nitrogen and oxygen atoms in total. The number of aromatic nitrogens is 1. The first-order valence-corrected chi connectivity index (χ1v) is 10.1. The molecule has 0 radical (unpaired) electrons. The van der Waals surface area contributed by atoms with E-state index in [1.54, 1.807) is 11.3 Å². The Balaban J connectivity index is 1.75. The number of aliphatic imine (C=N–C) groups is 1. The minimum atomic E-state index is 0.0818. The molecule has 0 amide bonds. The van der Waals surface area contributed by atoms with Crippen molar-refractivity contribution in [3.63, 3.8) is 0 Å². The highest BCUT2D eigenvalue weighted by Crippen LogP contribution is 2.26. The number of thiazole rings is 1. The van der Waals surface area contributed by atoms with Crippen LogP contribution in [-0.4, -0.2) is 42.1 Å². The number of rotatable bonds is 4. The first-order chi connectivity index (χ1) is 12.6. The molecule has 1 aliphatic heterocycles. The van der Waals surface area contributed by atoms with Crippen LogP contribution in [0, 0.1) is 20.8 Å². The SMILES string of the molecule is CCNC(=NCc1scnc1C)N1CCOC(c2ccc(C)cc2C)C1. The molecule has 0 saturated carbocycles. The zero-order valence-electron chi connectivity index (χ0n) is 16.1. The van der Waals surface area contributed by atoms with Gasteiger partial charge in [-0.25, -0.2) is 9.98 Å². The summed E-state index contributed by atoms with van der Waals surface area (Å²) in [6, 6.07) is 6.59. The molecular weight excluding hydrogens is 344 g/mol. The lowest BCUT2D eigenvalue weighted by molar-refractivity contribution is -0.00834. The lowest BCUT2D eigenvalue weighted by Crippen LogP contribution is -2.48. The molecule has 1 saturated heterocycles. The number of aryl methyl sites for hydroxylation is 3. The normalized spacial score (nSPS) is 18.2. The maximum absolute atomic E-state index is 6.08. The summed E-state index contributed by atoms with van der Waals surface area (Å²) in [4.78, 5) is 12.7. The lowest BCUT2D eigenvalue weighted by atomic mass is 10.00. The highest BCUT2D eigenvalue weighted by Gasteiger charge is 2.25. The summed E-state index contributed by atoms with van der Waals surface area (Å²) < 4.78 is 6.08. The molecule has 1 fully saturated rings. The topological polar surface area (TPSA) is 49.8 Å². The molecule has 1 unspecified atom stereocenters. The van der Waals surface area contributed by atoms with Crippen LogP contribution in [0.25, 0.3) is 0 Å². The summed E-state index contributed by atoms with van der Waals surface area (Å²) in [6.07, 6.45) is 0.0818. The van der Waals surface area contributed by atoms with E-state index in [-0.39, 0.29) is 6.10 Å². The number of benzene rings is 1. The third-order valence-corrected chi connectivity index (χ3v) is 5.61. The van der Waals surface area contributed by atoms with Gasteiger partial charge in [0.15, 0.2) is 5.96 Å². The van der Waals surface area contributed by atoms with E-state index in [0.29, 0.717) is 13.2 Å². The van der Waals surface area contributed by atoms with Crippen molar-refractivity contribution < 1.29 is 4.74 Å². The van der Waals surface area contributed by atoms with Crippen molar-refractivity contribution >= 4 is 17.3 Å². The summed E-state index contributed by atoms with van der Waals surface area (Å²) in [5.74, 6) is 0.957. The van der Waals surface area contributed by atoms with Crippen molar-refractivity contribution in [3.05, 3.63) is 51.0 Å². The molecule has 2 aromatic rings. The molecule has 0 aliphatic carbocycles. The Morgan fingerprint density at radius 2 is 2.23 bits per heavy atom. The number of hydrogen-bond donors (Lipinski definition) is 1. The summed E-state index contributed by atoms with van der Waals surface area (Å²) in [7, 11) is 0. The molecule has 1 N–H and O–H groups in total. The van der Waals surface area contributed by atoms with Gasteiger partial charge >= 0.3 is 0 Å². The summed E-state index contributed by atoms with van der Waals surface area (Å²) in [5, 5.41) is 3.43. The van der Waals surface area contributed by atoms with Gasteiger partial charge in [-0.1, -0.05) is 23.8 Å². The quantitative estimate of drug-likeness (QED) is 0.658. The molecule has 1 aromatic heterocycles. The van der Waals surface area contributed by atoms with Crippen molar-refractivity contribution in [3.8, 4) is 0 Å². The third kappa shape index (κ3) is 4.43. The van der Waals surface area contributed by atoms with E-state index >= 15 is 0 Å². The van der Waals surface area contributed by atoms with Crippen molar-refractivity contribution in [2.24, 2.45) is 4.99 Å². The number of nitrogens with one attached hydrogen (secondary N) is 1. The molecular formula is C20H28N4OS. The lowest BCUT2D eigenvalue weighted by Gasteiger charge is -2.36. The molecule has 1 atom stereocenters. The Morgan fingerprint density at radius 1 is 1.38 bits per heavy atom. The fraction of sp³-hybridized carbons (Fsp3) is 0.500. The van der Waals surface area contributed by atoms with Gasteiger partial charge in [-0.15, -0.1) is 11.3 Å². The second-order valence-corrected chi connectivity index (χ2v) is 7.64. The van der Waals surface area contributed by atoms with E-state index < -0.39 is 0 Å². The van der Waals surface area contributed by atoms with Crippen molar-refractivity contribution in [2.45, 2.75) is 40.3 Å². The standard InChI is InChI=1S/C20H28N4OS/c1-5-21-20(22-11-19-16(4)23-13-26-19)24-8-9-25-18(12-24)17-7-6-14(2)10-15(17)3/h6-7,10,13,18H,5,8-9,11-12H2,1-4H3,(H,21,22). The Hall–Kier alpha value is -1.92. The smallest absolute Gasteiger partial charge is 0.194 e. The number of nitrogens with zero attached hydrogens (tertiary/aromatic N) is 3. The van der Waals surface area contributed by atoms with Gasteiger partial charge in [0.1, 0.15) is 6.10 Å². The fourth-order valence-electron chi connectivity index (χ4n) is 3.27. The van der Waals surface area contributed by atoms with E-state index in [9.17, 15) is 0 Å². The van der Waals surface area contributed by atoms with Crippen LogP contribution >= 0.6 is 11.3 Å². The highest BCUT2D eigenvalue weighted by atomic mass is 32.1. The second kappa shape index (κ2) is 8.64. The van der Waals surface area contributed by atoms with Crippen molar-refractivity contribution in [1.82, 2.24) is 15.2 Å². The molecule has 0 bridgehead atoms. The second-order valence-electron chi connectivity index (χ2n) is 6.70. The van der Waals surface area contributed by atoms with Gasteiger partial charge in [0.2, 0.25) is 0 Å². The number of guanidine groups is 1. The van der Waals surface area contributed by atoms with Crippen LogP contribution in [0.1, 0.15) is 40.3 Å². The molecule has 26 heavy (non-hydrogen) atoms. The van der Waals surface area contributed by atoms with Crippen LogP contribution in [0.5, 0.6) is 0 Å². The number of hydrogen-bond acceptors (Lipinski definition) is 4. The summed E-state index contributed by atoms with van der Waals surface area (Å²) in [6.45, 7) is 12.3. The van der Waals surface area contributed by atoms with E-state index in [4.69, 9.17) is 9.73 Å². The van der Waals surface area contributed by atoms with Crippen LogP contribution in [0.15, 0.2) is 28.7 Å². The predicted octanol–water partition coefficient (Wildman–Crippen LogP) is 3.61. The van der Waals surface area contributed by atoms with Gasteiger partial charge in [0.25, 0.3) is 0 Å². The highest BCUT2D eigenvalue weighted by molar-refractivity contribution is 7.09. The van der Waals surface area contributed by atoms with Gasteiger partial charge in [0, 0.05) is 18.0 Å². The van der Waals surface area contributed by atoms with Crippen molar-refractivity contribution in [1.29, 1.82) is 0 Å². The molecule has 140 valence electrons. The average molecular weight is 373 g/mol. The van der Waals surface area contributed by atoms with E-state index in [1.807, 2.05) is 12.4 Å². The largest absolute Gasteiger partial charge is 0.370 e. The van der Waals surface area contributed by atoms with Crippen molar-refractivity contribution in [2.75, 3.05) is 26.2 Å². The minimum Gasteiger partial charge on any atom is -0.370 e. The summed E-state index contributed by atoms with van der Waals surface area (Å²) >= 11 is 1.67. The summed E-state index contributed by atoms with van der Waals surface area (Å²) in [5.41, 5.74) is 6.81. The third-order valence-electron chi connectivity index (χ3n) is 4.69. The molecule has 2 heterocycles. The molecule has 3 rings (SSSR count). The van der Waals surface area contributed by atoms with Gasteiger partial charge < -0.3 is 15.0 Å². The zero-order valence-corrected chi connectivity index (χ0v) is 16.9. The van der Waals surface area contributed by atoms with Crippen LogP contribution in [0.2, 0.25) is 0 Å². The Labute approximate surface area is 160 Å². The molecule has 0 spiro atoms. The Bertz CT molecular complexity index is 771. The van der Waals surface area contributed by atoms with Gasteiger partial charge in [-0.3, -0.25) is 0 Å². The van der Waals surface area contributed by atoms with Crippen LogP contribution in [0.3, 0.4) is 0 Å². The fourth-order valence-corrected chi connectivity index (χ4v) is 3.97. The van der Waals surface area contributed by atoms with Crippen LogP contribution < -0.4 is 5.32 Å². The van der Waals surface area contributed by atoms with E-state index in [1.165, 1.54) is 21.6 Å². The monoisotopic (exact) mass is 372 g/mol. The first kappa shape index (κ1) is 18.9. The number of ether oxygens (including phenoxy) is 1. The van der Waals surface area contributed by atoms with E-state index in [0.717, 1.165) is 31.3 Å². The zero-order chi connectivity index (χ0) is 18.5. The van der Waals surface area contributed by atoms with Gasteiger partial charge in [-0.2, -0.15) is 0 Å². The first-order valence-electron chi connectivity index (χ1n) is 9.19. The van der Waals surface area contributed by atoms with Crippen LogP contribution in [-0.2, 0) is 11.3 Å².